The predicted octanol–water partition coefficient (Wildman–Crippen LogP) is 2.44. The average Bonchev–Trinajstić information content (AvgIpc) is 3.17. The Morgan fingerprint density at radius 2 is 1.90 bits per heavy atom. The van der Waals surface area contributed by atoms with Crippen LogP contribution in [-0.4, -0.2) is 32.2 Å². The lowest BCUT2D eigenvalue weighted by atomic mass is 10.1. The third kappa shape index (κ3) is 2.89. The molecule has 29 heavy (non-hydrogen) atoms. The number of aromatic nitrogens is 4. The Hall–Kier alpha value is -2.91. The van der Waals surface area contributed by atoms with E-state index in [0.29, 0.717) is 29.0 Å². The molecular weight excluding hydrogens is 393 g/mol. The van der Waals surface area contributed by atoms with Gasteiger partial charge in [0, 0.05) is 19.2 Å². The molecule has 0 atom stereocenters. The molecule has 0 bridgehead atoms. The van der Waals surface area contributed by atoms with Gasteiger partial charge >= 0.3 is 11.1 Å². The molecule has 3 aromatic heterocycles. The highest BCUT2D eigenvalue weighted by Gasteiger charge is 2.24. The maximum absolute atomic E-state index is 15.0. The Balaban J connectivity index is 1.81. The molecule has 7 nitrogen and oxygen atoms in total. The lowest BCUT2D eigenvalue weighted by Crippen LogP contribution is -2.44. The van der Waals surface area contributed by atoms with Crippen LogP contribution >= 0.6 is 11.3 Å². The standard InChI is InChI=1S/C20H18FN5O2S/c1-25-14-10-12(21)16(18-23-13-4-2-3-5-15(13)29-18)24-17(14)26(20(28)19(25)27)11-6-8-22-9-7-11/h2-5,10-11,22H,6-9H2,1H3. The molecule has 1 saturated heterocycles. The second-order valence-corrected chi connectivity index (χ2v) is 8.20. The molecule has 0 spiro atoms. The second kappa shape index (κ2) is 6.85. The number of piperidine rings is 1. The van der Waals surface area contributed by atoms with Crippen molar-refractivity contribution in [1.82, 2.24) is 24.4 Å². The number of nitrogens with zero attached hydrogens (tertiary/aromatic N) is 4. The van der Waals surface area contributed by atoms with Crippen molar-refractivity contribution in [3.8, 4) is 10.7 Å². The van der Waals surface area contributed by atoms with Crippen LogP contribution in [0.15, 0.2) is 39.9 Å². The van der Waals surface area contributed by atoms with Gasteiger partial charge in [0.05, 0.1) is 15.7 Å². The lowest BCUT2D eigenvalue weighted by molar-refractivity contribution is 0.365. The molecule has 4 aromatic rings. The molecule has 5 rings (SSSR count). The number of fused-ring (bicyclic) bond motifs is 2. The fourth-order valence-corrected chi connectivity index (χ4v) is 4.83. The van der Waals surface area contributed by atoms with Gasteiger partial charge < -0.3 is 9.88 Å². The molecular formula is C20H18FN5O2S. The molecule has 148 valence electrons. The van der Waals surface area contributed by atoms with Crippen LogP contribution in [0.1, 0.15) is 18.9 Å². The van der Waals surface area contributed by atoms with Crippen molar-refractivity contribution in [3.05, 3.63) is 56.9 Å². The van der Waals surface area contributed by atoms with Gasteiger partial charge in [-0.05, 0) is 38.1 Å². The summed E-state index contributed by atoms with van der Waals surface area (Å²) in [6, 6.07) is 8.69. The Kier molecular flexibility index (Phi) is 4.29. The number of aryl methyl sites for hydroxylation is 1. The van der Waals surface area contributed by atoms with E-state index in [-0.39, 0.29) is 11.7 Å². The van der Waals surface area contributed by atoms with E-state index in [1.165, 1.54) is 33.6 Å². The Labute approximate surface area is 168 Å². The average molecular weight is 411 g/mol. The third-order valence-electron chi connectivity index (χ3n) is 5.40. The number of hydrogen-bond acceptors (Lipinski definition) is 6. The van der Waals surface area contributed by atoms with E-state index in [9.17, 15) is 9.59 Å². The number of thiazole rings is 1. The summed E-state index contributed by atoms with van der Waals surface area (Å²) in [5.41, 5.74) is 0.186. The molecule has 4 heterocycles. The number of nitrogens with one attached hydrogen (secondary N) is 1. The molecule has 0 saturated carbocycles. The second-order valence-electron chi connectivity index (χ2n) is 7.17. The molecule has 9 heteroatoms. The lowest BCUT2D eigenvalue weighted by Gasteiger charge is -2.26. The SMILES string of the molecule is Cn1c(=O)c(=O)n(C2CCNCC2)c2nc(-c3nc4ccccc4s3)c(F)cc21. The van der Waals surface area contributed by atoms with Crippen molar-refractivity contribution in [2.75, 3.05) is 13.1 Å². The number of hydrogen-bond donors (Lipinski definition) is 1. The van der Waals surface area contributed by atoms with Gasteiger partial charge in [0.25, 0.3) is 0 Å². The summed E-state index contributed by atoms with van der Waals surface area (Å²) in [7, 11) is 1.47. The van der Waals surface area contributed by atoms with E-state index >= 15 is 4.39 Å². The minimum Gasteiger partial charge on any atom is -0.317 e. The molecule has 1 N–H and O–H groups in total. The van der Waals surface area contributed by atoms with E-state index in [4.69, 9.17) is 0 Å². The van der Waals surface area contributed by atoms with Crippen molar-refractivity contribution in [2.45, 2.75) is 18.9 Å². The number of halogens is 1. The molecule has 1 aliphatic rings. The fraction of sp³-hybridized carbons (Fsp3) is 0.300. The molecule has 0 radical (unpaired) electrons. The van der Waals surface area contributed by atoms with Crippen LogP contribution in [0.3, 0.4) is 0 Å². The van der Waals surface area contributed by atoms with Crippen LogP contribution < -0.4 is 16.4 Å². The van der Waals surface area contributed by atoms with E-state index in [2.05, 4.69) is 15.3 Å². The summed E-state index contributed by atoms with van der Waals surface area (Å²) < 4.78 is 18.6. The van der Waals surface area contributed by atoms with Crippen LogP contribution in [0.5, 0.6) is 0 Å². The van der Waals surface area contributed by atoms with Gasteiger partial charge in [-0.15, -0.1) is 11.3 Å². The maximum Gasteiger partial charge on any atom is 0.318 e. The minimum absolute atomic E-state index is 0.0967. The third-order valence-corrected chi connectivity index (χ3v) is 6.45. The van der Waals surface area contributed by atoms with Gasteiger partial charge in [-0.1, -0.05) is 12.1 Å². The molecule has 1 aromatic carbocycles. The molecule has 0 aliphatic carbocycles. The first-order valence-electron chi connectivity index (χ1n) is 9.43. The van der Waals surface area contributed by atoms with E-state index in [0.717, 1.165) is 23.3 Å². The quantitative estimate of drug-likeness (QED) is 0.513. The van der Waals surface area contributed by atoms with Gasteiger partial charge in [-0.2, -0.15) is 0 Å². The van der Waals surface area contributed by atoms with Crippen LogP contribution in [0.2, 0.25) is 0 Å². The number of pyridine rings is 1. The topological polar surface area (TPSA) is 81.8 Å². The summed E-state index contributed by atoms with van der Waals surface area (Å²) >= 11 is 1.35. The molecule has 1 aliphatic heterocycles. The van der Waals surface area contributed by atoms with Gasteiger partial charge in [0.1, 0.15) is 10.7 Å². The number of rotatable bonds is 2. The van der Waals surface area contributed by atoms with Crippen LogP contribution in [-0.2, 0) is 7.05 Å². The summed E-state index contributed by atoms with van der Waals surface area (Å²) in [5, 5.41) is 3.70. The zero-order chi connectivity index (χ0) is 20.1. The summed E-state index contributed by atoms with van der Waals surface area (Å²) in [4.78, 5) is 34.4. The first-order valence-corrected chi connectivity index (χ1v) is 10.2. The monoisotopic (exact) mass is 411 g/mol. The molecule has 0 unspecified atom stereocenters. The predicted molar refractivity (Wildman–Crippen MR) is 111 cm³/mol. The number of benzene rings is 1. The normalized spacial score (nSPS) is 15.4. The van der Waals surface area contributed by atoms with Crippen LogP contribution in [0.25, 0.3) is 32.1 Å². The van der Waals surface area contributed by atoms with Crippen molar-refractivity contribution in [3.63, 3.8) is 0 Å². The first-order chi connectivity index (χ1) is 14.0. The highest BCUT2D eigenvalue weighted by Crippen LogP contribution is 2.32. The van der Waals surface area contributed by atoms with Crippen LogP contribution in [0, 0.1) is 5.82 Å². The van der Waals surface area contributed by atoms with E-state index in [1.54, 1.807) is 0 Å². The molecule has 1 fully saturated rings. The van der Waals surface area contributed by atoms with Crippen molar-refractivity contribution in [2.24, 2.45) is 7.05 Å². The zero-order valence-corrected chi connectivity index (χ0v) is 16.5. The highest BCUT2D eigenvalue weighted by molar-refractivity contribution is 7.21. The van der Waals surface area contributed by atoms with Crippen molar-refractivity contribution < 1.29 is 4.39 Å². The van der Waals surface area contributed by atoms with Gasteiger partial charge in [0.15, 0.2) is 11.5 Å². The van der Waals surface area contributed by atoms with Crippen molar-refractivity contribution in [1.29, 1.82) is 0 Å². The molecule has 0 amide bonds. The van der Waals surface area contributed by atoms with Gasteiger partial charge in [-0.25, -0.2) is 14.4 Å². The van der Waals surface area contributed by atoms with Gasteiger partial charge in [-0.3, -0.25) is 14.2 Å². The fourth-order valence-electron chi connectivity index (χ4n) is 3.87. The smallest absolute Gasteiger partial charge is 0.317 e. The van der Waals surface area contributed by atoms with E-state index < -0.39 is 16.9 Å². The van der Waals surface area contributed by atoms with Crippen molar-refractivity contribution >= 4 is 32.7 Å². The Morgan fingerprint density at radius 1 is 1.14 bits per heavy atom. The van der Waals surface area contributed by atoms with E-state index in [1.807, 2.05) is 24.3 Å². The maximum atomic E-state index is 15.0. The minimum atomic E-state index is -0.676. The van der Waals surface area contributed by atoms with Gasteiger partial charge in [0.2, 0.25) is 0 Å². The largest absolute Gasteiger partial charge is 0.318 e. The summed E-state index contributed by atoms with van der Waals surface area (Å²) in [5.74, 6) is -0.568. The highest BCUT2D eigenvalue weighted by atomic mass is 32.1. The van der Waals surface area contributed by atoms with Crippen LogP contribution in [0.4, 0.5) is 4.39 Å². The Morgan fingerprint density at radius 3 is 2.66 bits per heavy atom. The zero-order valence-electron chi connectivity index (χ0n) is 15.7. The first kappa shape index (κ1) is 18.1. The Bertz CT molecular complexity index is 1330. The summed E-state index contributed by atoms with van der Waals surface area (Å²) in [6.07, 6.45) is 1.41. The summed E-state index contributed by atoms with van der Waals surface area (Å²) in [6.45, 7) is 1.50. The number of para-hydroxylation sites is 1.